The fourth-order valence-corrected chi connectivity index (χ4v) is 2.17. The van der Waals surface area contributed by atoms with Crippen molar-refractivity contribution in [1.29, 1.82) is 0 Å². The van der Waals surface area contributed by atoms with Gasteiger partial charge in [0.05, 0.1) is 13.0 Å². The average molecular weight is 250 g/mol. The van der Waals surface area contributed by atoms with Crippen molar-refractivity contribution in [2.75, 3.05) is 6.61 Å². The summed E-state index contributed by atoms with van der Waals surface area (Å²) in [4.78, 5) is 11.6. The molecule has 0 aromatic heterocycles. The summed E-state index contributed by atoms with van der Waals surface area (Å²) in [5.74, 6) is -0.0610. The molecule has 0 aliphatic heterocycles. The molecule has 0 saturated carbocycles. The van der Waals surface area contributed by atoms with Gasteiger partial charge in [-0.1, -0.05) is 44.2 Å². The lowest BCUT2D eigenvalue weighted by Crippen LogP contribution is -2.31. The Morgan fingerprint density at radius 3 is 2.44 bits per heavy atom. The molecule has 1 aromatic carbocycles. The molecule has 0 heterocycles. The summed E-state index contributed by atoms with van der Waals surface area (Å²) in [5.41, 5.74) is -0.367. The van der Waals surface area contributed by atoms with Gasteiger partial charge in [-0.25, -0.2) is 0 Å². The third-order valence-electron chi connectivity index (χ3n) is 2.80. The van der Waals surface area contributed by atoms with E-state index in [0.717, 1.165) is 5.56 Å². The number of aliphatic hydroxyl groups is 1. The lowest BCUT2D eigenvalue weighted by molar-refractivity contribution is -0.149. The number of ether oxygens (including phenoxy) is 1. The molecule has 1 unspecified atom stereocenters. The van der Waals surface area contributed by atoms with Gasteiger partial charge in [0.25, 0.3) is 0 Å². The van der Waals surface area contributed by atoms with Crippen LogP contribution in [0.5, 0.6) is 0 Å². The molecule has 3 nitrogen and oxygen atoms in total. The number of carbonyl (C=O) groups excluding carboxylic acids is 1. The summed E-state index contributed by atoms with van der Waals surface area (Å²) in [5, 5.41) is 10.7. The highest BCUT2D eigenvalue weighted by molar-refractivity contribution is 5.71. The smallest absolute Gasteiger partial charge is 0.309 e. The lowest BCUT2D eigenvalue weighted by atomic mass is 9.83. The van der Waals surface area contributed by atoms with E-state index < -0.39 is 5.60 Å². The predicted molar refractivity (Wildman–Crippen MR) is 71.0 cm³/mol. The van der Waals surface area contributed by atoms with Crippen LogP contribution in [-0.4, -0.2) is 17.7 Å². The van der Waals surface area contributed by atoms with E-state index in [0.29, 0.717) is 18.9 Å². The second kappa shape index (κ2) is 6.55. The molecule has 3 heteroatoms. The lowest BCUT2D eigenvalue weighted by Gasteiger charge is -2.29. The van der Waals surface area contributed by atoms with Gasteiger partial charge in [-0.15, -0.1) is 0 Å². The average Bonchev–Trinajstić information content (AvgIpc) is 2.29. The van der Waals surface area contributed by atoms with E-state index in [1.54, 1.807) is 6.92 Å². The van der Waals surface area contributed by atoms with Crippen LogP contribution in [0, 0.1) is 5.92 Å². The first kappa shape index (κ1) is 14.7. The van der Waals surface area contributed by atoms with Crippen LogP contribution in [0.2, 0.25) is 0 Å². The van der Waals surface area contributed by atoms with Crippen molar-refractivity contribution in [3.8, 4) is 0 Å². The van der Waals surface area contributed by atoms with E-state index in [1.165, 1.54) is 0 Å². The SMILES string of the molecule is CCOC(=O)CC(O)(CC(C)C)c1ccccc1. The molecule has 0 fully saturated rings. The Balaban J connectivity index is 2.92. The Labute approximate surface area is 109 Å². The number of hydrogen-bond acceptors (Lipinski definition) is 3. The Morgan fingerprint density at radius 1 is 1.33 bits per heavy atom. The van der Waals surface area contributed by atoms with Crippen LogP contribution in [-0.2, 0) is 15.1 Å². The third-order valence-corrected chi connectivity index (χ3v) is 2.80. The molecular formula is C15H22O3. The minimum absolute atomic E-state index is 0.00301. The Kier molecular flexibility index (Phi) is 5.35. The summed E-state index contributed by atoms with van der Waals surface area (Å²) in [6.45, 7) is 6.16. The second-order valence-corrected chi connectivity index (χ2v) is 4.98. The standard InChI is InChI=1S/C15H22O3/c1-4-18-14(16)11-15(17,10-12(2)3)13-8-6-5-7-9-13/h5-9,12,17H,4,10-11H2,1-3H3. The fourth-order valence-electron chi connectivity index (χ4n) is 2.17. The van der Waals surface area contributed by atoms with Gasteiger partial charge in [-0.05, 0) is 24.8 Å². The Hall–Kier alpha value is -1.35. The van der Waals surface area contributed by atoms with Gasteiger partial charge in [-0.3, -0.25) is 4.79 Å². The van der Waals surface area contributed by atoms with Gasteiger partial charge in [0.1, 0.15) is 5.60 Å². The molecule has 0 aliphatic rings. The highest BCUT2D eigenvalue weighted by atomic mass is 16.5. The largest absolute Gasteiger partial charge is 0.466 e. The summed E-state index contributed by atoms with van der Waals surface area (Å²) >= 11 is 0. The van der Waals surface area contributed by atoms with Gasteiger partial charge in [-0.2, -0.15) is 0 Å². The minimum atomic E-state index is -1.14. The van der Waals surface area contributed by atoms with Crippen LogP contribution in [0.25, 0.3) is 0 Å². The molecule has 1 atom stereocenters. The van der Waals surface area contributed by atoms with E-state index in [9.17, 15) is 9.90 Å². The quantitative estimate of drug-likeness (QED) is 0.790. The molecule has 1 rings (SSSR count). The fraction of sp³-hybridized carbons (Fsp3) is 0.533. The Bertz CT molecular complexity index is 373. The number of rotatable bonds is 6. The number of esters is 1. The molecule has 0 saturated heterocycles. The van der Waals surface area contributed by atoms with Gasteiger partial charge >= 0.3 is 5.97 Å². The van der Waals surface area contributed by atoms with Crippen molar-refractivity contribution in [3.63, 3.8) is 0 Å². The van der Waals surface area contributed by atoms with Crippen molar-refractivity contribution < 1.29 is 14.6 Å². The molecule has 1 aromatic rings. The zero-order valence-electron chi connectivity index (χ0n) is 11.3. The third kappa shape index (κ3) is 4.15. The van der Waals surface area contributed by atoms with E-state index in [-0.39, 0.29) is 12.4 Å². The summed E-state index contributed by atoms with van der Waals surface area (Å²) < 4.78 is 4.94. The molecule has 0 aliphatic carbocycles. The second-order valence-electron chi connectivity index (χ2n) is 4.98. The van der Waals surface area contributed by atoms with Crippen molar-refractivity contribution in [2.24, 2.45) is 5.92 Å². The maximum absolute atomic E-state index is 11.6. The molecule has 0 bridgehead atoms. The first-order valence-electron chi connectivity index (χ1n) is 6.41. The van der Waals surface area contributed by atoms with Crippen LogP contribution < -0.4 is 0 Å². The summed E-state index contributed by atoms with van der Waals surface area (Å²) in [7, 11) is 0. The van der Waals surface area contributed by atoms with Gasteiger partial charge < -0.3 is 9.84 Å². The minimum Gasteiger partial charge on any atom is -0.466 e. The molecule has 0 spiro atoms. The molecule has 0 radical (unpaired) electrons. The van der Waals surface area contributed by atoms with Crippen LogP contribution in [0.1, 0.15) is 39.2 Å². The predicted octanol–water partition coefficient (Wildman–Crippen LogP) is 2.87. The van der Waals surface area contributed by atoms with Crippen molar-refractivity contribution in [3.05, 3.63) is 35.9 Å². The molecule has 100 valence electrons. The maximum atomic E-state index is 11.6. The molecular weight excluding hydrogens is 228 g/mol. The van der Waals surface area contributed by atoms with E-state index in [4.69, 9.17) is 4.74 Å². The normalized spacial score (nSPS) is 14.3. The Morgan fingerprint density at radius 2 is 1.94 bits per heavy atom. The van der Waals surface area contributed by atoms with Crippen molar-refractivity contribution >= 4 is 5.97 Å². The topological polar surface area (TPSA) is 46.5 Å². The summed E-state index contributed by atoms with van der Waals surface area (Å²) in [6.07, 6.45) is 0.541. The van der Waals surface area contributed by atoms with Gasteiger partial charge in [0, 0.05) is 0 Å². The van der Waals surface area contributed by atoms with Gasteiger partial charge in [0.15, 0.2) is 0 Å². The van der Waals surface area contributed by atoms with E-state index in [1.807, 2.05) is 44.2 Å². The summed E-state index contributed by atoms with van der Waals surface area (Å²) in [6, 6.07) is 9.32. The highest BCUT2D eigenvalue weighted by Crippen LogP contribution is 2.32. The maximum Gasteiger partial charge on any atom is 0.309 e. The number of benzene rings is 1. The van der Waals surface area contributed by atoms with Crippen molar-refractivity contribution in [2.45, 2.75) is 39.2 Å². The van der Waals surface area contributed by atoms with Crippen molar-refractivity contribution in [1.82, 2.24) is 0 Å². The first-order chi connectivity index (χ1) is 8.48. The zero-order chi connectivity index (χ0) is 13.6. The molecule has 18 heavy (non-hydrogen) atoms. The first-order valence-corrected chi connectivity index (χ1v) is 6.41. The van der Waals surface area contributed by atoms with Gasteiger partial charge in [0.2, 0.25) is 0 Å². The van der Waals surface area contributed by atoms with E-state index in [2.05, 4.69) is 0 Å². The van der Waals surface area contributed by atoms with E-state index >= 15 is 0 Å². The number of carbonyl (C=O) groups is 1. The number of hydrogen-bond donors (Lipinski definition) is 1. The van der Waals surface area contributed by atoms with Crippen LogP contribution in [0.4, 0.5) is 0 Å². The van der Waals surface area contributed by atoms with Crippen LogP contribution >= 0.6 is 0 Å². The monoisotopic (exact) mass is 250 g/mol. The highest BCUT2D eigenvalue weighted by Gasteiger charge is 2.33. The molecule has 1 N–H and O–H groups in total. The van der Waals surface area contributed by atoms with Crippen LogP contribution in [0.15, 0.2) is 30.3 Å². The molecule has 0 amide bonds. The zero-order valence-corrected chi connectivity index (χ0v) is 11.3. The van der Waals surface area contributed by atoms with Crippen LogP contribution in [0.3, 0.4) is 0 Å².